The van der Waals surface area contributed by atoms with Crippen molar-refractivity contribution in [1.82, 2.24) is 0 Å². The topological polar surface area (TPSA) is 43.1 Å². The van der Waals surface area contributed by atoms with Crippen molar-refractivity contribution < 1.29 is 4.92 Å². The number of nitro groups is 1. The maximum atomic E-state index is 11.0. The Kier molecular flexibility index (Phi) is 4.45. The van der Waals surface area contributed by atoms with Gasteiger partial charge in [0, 0.05) is 15.8 Å². The van der Waals surface area contributed by atoms with Crippen LogP contribution in [0.1, 0.15) is 32.1 Å². The summed E-state index contributed by atoms with van der Waals surface area (Å²) in [7, 11) is 0. The third-order valence-corrected chi connectivity index (χ3v) is 4.86. The Morgan fingerprint density at radius 2 is 2.00 bits per heavy atom. The number of benzene rings is 1. The summed E-state index contributed by atoms with van der Waals surface area (Å²) in [6.45, 7) is 0. The van der Waals surface area contributed by atoms with Crippen molar-refractivity contribution >= 4 is 33.4 Å². The summed E-state index contributed by atoms with van der Waals surface area (Å²) in [6, 6.07) is 5.31. The van der Waals surface area contributed by atoms with E-state index in [2.05, 4.69) is 15.9 Å². The lowest BCUT2D eigenvalue weighted by molar-refractivity contribution is -0.387. The van der Waals surface area contributed by atoms with Crippen molar-refractivity contribution in [2.75, 3.05) is 0 Å². The van der Waals surface area contributed by atoms with Gasteiger partial charge in [-0.15, -0.1) is 11.8 Å². The van der Waals surface area contributed by atoms with Gasteiger partial charge in [-0.3, -0.25) is 10.1 Å². The van der Waals surface area contributed by atoms with E-state index in [1.807, 2.05) is 12.1 Å². The van der Waals surface area contributed by atoms with Crippen LogP contribution >= 0.6 is 27.7 Å². The quantitative estimate of drug-likeness (QED) is 0.595. The normalized spacial score (nSPS) is 17.0. The van der Waals surface area contributed by atoms with Gasteiger partial charge in [-0.1, -0.05) is 35.2 Å². The second kappa shape index (κ2) is 5.87. The Morgan fingerprint density at radius 1 is 1.29 bits per heavy atom. The molecule has 0 aliphatic heterocycles. The van der Waals surface area contributed by atoms with Gasteiger partial charge in [-0.05, 0) is 25.0 Å². The van der Waals surface area contributed by atoms with Crippen LogP contribution in [0, 0.1) is 10.1 Å². The Balaban J connectivity index is 2.16. The molecule has 17 heavy (non-hydrogen) atoms. The molecule has 5 heteroatoms. The molecule has 0 amide bonds. The average Bonchev–Trinajstić information content (AvgIpc) is 2.32. The molecular weight excluding hydrogens is 302 g/mol. The van der Waals surface area contributed by atoms with E-state index in [-0.39, 0.29) is 10.6 Å². The number of nitro benzene ring substituents is 1. The molecule has 0 N–H and O–H groups in total. The fraction of sp³-hybridized carbons (Fsp3) is 0.500. The molecule has 1 aromatic carbocycles. The zero-order chi connectivity index (χ0) is 12.3. The molecule has 0 saturated heterocycles. The van der Waals surface area contributed by atoms with E-state index in [0.29, 0.717) is 5.25 Å². The van der Waals surface area contributed by atoms with E-state index in [1.165, 1.54) is 32.1 Å². The Bertz CT molecular complexity index is 419. The number of rotatable bonds is 3. The molecule has 92 valence electrons. The molecule has 0 spiro atoms. The SMILES string of the molecule is O=[N+]([O-])c1cc(Br)ccc1SC1CCCCC1. The lowest BCUT2D eigenvalue weighted by atomic mass is 10.0. The molecule has 1 saturated carbocycles. The first kappa shape index (κ1) is 12.9. The van der Waals surface area contributed by atoms with Crippen molar-refractivity contribution in [2.24, 2.45) is 0 Å². The molecule has 3 nitrogen and oxygen atoms in total. The molecule has 0 bridgehead atoms. The highest BCUT2D eigenvalue weighted by Crippen LogP contribution is 2.38. The summed E-state index contributed by atoms with van der Waals surface area (Å²) >= 11 is 4.94. The van der Waals surface area contributed by atoms with Crippen molar-refractivity contribution in [2.45, 2.75) is 42.2 Å². The van der Waals surface area contributed by atoms with Crippen molar-refractivity contribution in [3.05, 3.63) is 32.8 Å². The highest BCUT2D eigenvalue weighted by Gasteiger charge is 2.20. The van der Waals surface area contributed by atoms with E-state index < -0.39 is 0 Å². The lowest BCUT2D eigenvalue weighted by Gasteiger charge is -2.20. The van der Waals surface area contributed by atoms with Crippen molar-refractivity contribution in [3.63, 3.8) is 0 Å². The van der Waals surface area contributed by atoms with Crippen LogP contribution in [0.25, 0.3) is 0 Å². The van der Waals surface area contributed by atoms with E-state index in [9.17, 15) is 10.1 Å². The molecule has 0 heterocycles. The number of thioether (sulfide) groups is 1. The van der Waals surface area contributed by atoms with E-state index >= 15 is 0 Å². The van der Waals surface area contributed by atoms with Crippen LogP contribution in [-0.2, 0) is 0 Å². The van der Waals surface area contributed by atoms with Crippen LogP contribution in [0.3, 0.4) is 0 Å². The second-order valence-corrected chi connectivity index (χ2v) is 6.50. The molecule has 1 aliphatic rings. The summed E-state index contributed by atoms with van der Waals surface area (Å²) in [5, 5.41) is 11.5. The molecule has 0 atom stereocenters. The Labute approximate surface area is 113 Å². The fourth-order valence-electron chi connectivity index (χ4n) is 2.10. The second-order valence-electron chi connectivity index (χ2n) is 4.25. The first-order chi connectivity index (χ1) is 8.16. The molecule has 0 radical (unpaired) electrons. The molecule has 1 fully saturated rings. The van der Waals surface area contributed by atoms with E-state index in [0.717, 1.165) is 9.37 Å². The van der Waals surface area contributed by atoms with Crippen molar-refractivity contribution in [1.29, 1.82) is 0 Å². The van der Waals surface area contributed by atoms with Gasteiger partial charge in [-0.2, -0.15) is 0 Å². The highest BCUT2D eigenvalue weighted by atomic mass is 79.9. The van der Waals surface area contributed by atoms with Crippen LogP contribution in [0.15, 0.2) is 27.6 Å². The number of halogens is 1. The average molecular weight is 316 g/mol. The standard InChI is InChI=1S/C12H14BrNO2S/c13-9-6-7-12(11(8-9)14(15)16)17-10-4-2-1-3-5-10/h6-8,10H,1-5H2. The third-order valence-electron chi connectivity index (χ3n) is 2.96. The largest absolute Gasteiger partial charge is 0.284 e. The molecular formula is C12H14BrNO2S. The van der Waals surface area contributed by atoms with Gasteiger partial charge in [0.05, 0.1) is 9.82 Å². The van der Waals surface area contributed by atoms with Gasteiger partial charge < -0.3 is 0 Å². The summed E-state index contributed by atoms with van der Waals surface area (Å²) in [5.74, 6) is 0. The Hall–Kier alpha value is -0.550. The summed E-state index contributed by atoms with van der Waals surface area (Å²) in [4.78, 5) is 11.5. The lowest BCUT2D eigenvalue weighted by Crippen LogP contribution is -2.08. The Morgan fingerprint density at radius 3 is 2.65 bits per heavy atom. The van der Waals surface area contributed by atoms with Crippen LogP contribution in [0.4, 0.5) is 5.69 Å². The van der Waals surface area contributed by atoms with Crippen LogP contribution in [-0.4, -0.2) is 10.2 Å². The van der Waals surface area contributed by atoms with Crippen LogP contribution in [0.5, 0.6) is 0 Å². The minimum absolute atomic E-state index is 0.218. The summed E-state index contributed by atoms with van der Waals surface area (Å²) < 4.78 is 0.761. The van der Waals surface area contributed by atoms with Gasteiger partial charge in [0.1, 0.15) is 0 Å². The smallest absolute Gasteiger partial charge is 0.258 e. The van der Waals surface area contributed by atoms with Crippen LogP contribution in [0.2, 0.25) is 0 Å². The van der Waals surface area contributed by atoms with Gasteiger partial charge in [0.15, 0.2) is 0 Å². The zero-order valence-electron chi connectivity index (χ0n) is 9.39. The molecule has 1 aliphatic carbocycles. The maximum Gasteiger partial charge on any atom is 0.284 e. The third kappa shape index (κ3) is 3.45. The van der Waals surface area contributed by atoms with Gasteiger partial charge in [-0.25, -0.2) is 0 Å². The number of hydrogen-bond donors (Lipinski definition) is 0. The summed E-state index contributed by atoms with van der Waals surface area (Å²) in [6.07, 6.45) is 6.17. The van der Waals surface area contributed by atoms with E-state index in [4.69, 9.17) is 0 Å². The summed E-state index contributed by atoms with van der Waals surface area (Å²) in [5.41, 5.74) is 0.218. The molecule has 0 aromatic heterocycles. The van der Waals surface area contributed by atoms with Crippen molar-refractivity contribution in [3.8, 4) is 0 Å². The molecule has 1 aromatic rings. The van der Waals surface area contributed by atoms with Gasteiger partial charge in [0.25, 0.3) is 5.69 Å². The predicted molar refractivity (Wildman–Crippen MR) is 73.5 cm³/mol. The molecule has 0 unspecified atom stereocenters. The zero-order valence-corrected chi connectivity index (χ0v) is 11.8. The fourth-order valence-corrected chi connectivity index (χ4v) is 3.77. The number of hydrogen-bond acceptors (Lipinski definition) is 3. The first-order valence-electron chi connectivity index (χ1n) is 5.77. The predicted octanol–water partition coefficient (Wildman–Crippen LogP) is 4.78. The first-order valence-corrected chi connectivity index (χ1v) is 7.44. The monoisotopic (exact) mass is 315 g/mol. The minimum Gasteiger partial charge on any atom is -0.258 e. The van der Waals surface area contributed by atoms with Gasteiger partial charge in [0.2, 0.25) is 0 Å². The maximum absolute atomic E-state index is 11.0. The highest BCUT2D eigenvalue weighted by molar-refractivity contribution is 9.10. The van der Waals surface area contributed by atoms with Crippen LogP contribution < -0.4 is 0 Å². The number of nitrogens with zero attached hydrogens (tertiary/aromatic N) is 1. The molecule has 2 rings (SSSR count). The van der Waals surface area contributed by atoms with E-state index in [1.54, 1.807) is 17.8 Å². The van der Waals surface area contributed by atoms with Gasteiger partial charge >= 0.3 is 0 Å². The minimum atomic E-state index is -0.296.